The maximum absolute atomic E-state index is 12.4. The van der Waals surface area contributed by atoms with Crippen molar-refractivity contribution in [3.05, 3.63) is 88.9 Å². The summed E-state index contributed by atoms with van der Waals surface area (Å²) in [5.74, 6) is 0.438. The van der Waals surface area contributed by atoms with E-state index in [1.54, 1.807) is 11.8 Å². The Morgan fingerprint density at radius 1 is 1.00 bits per heavy atom. The lowest BCUT2D eigenvalue weighted by molar-refractivity contribution is 0.102. The minimum absolute atomic E-state index is 0.0781. The van der Waals surface area contributed by atoms with Crippen molar-refractivity contribution in [2.75, 3.05) is 11.6 Å². The van der Waals surface area contributed by atoms with Crippen LogP contribution in [0.4, 0.5) is 5.69 Å². The first-order valence-corrected chi connectivity index (χ1v) is 11.7. The summed E-state index contributed by atoms with van der Waals surface area (Å²) in [6.45, 7) is 0. The first-order chi connectivity index (χ1) is 13.3. The van der Waals surface area contributed by atoms with Crippen LogP contribution in [0.5, 0.6) is 0 Å². The number of carbonyl (C=O) groups excluding carboxylic acids is 1. The maximum atomic E-state index is 12.4. The molecule has 0 aliphatic carbocycles. The molecule has 0 fully saturated rings. The lowest BCUT2D eigenvalue weighted by atomic mass is 10.2. The van der Waals surface area contributed by atoms with Gasteiger partial charge in [0.15, 0.2) is 9.84 Å². The predicted molar refractivity (Wildman–Crippen MR) is 115 cm³/mol. The van der Waals surface area contributed by atoms with Gasteiger partial charge in [-0.25, -0.2) is 8.42 Å². The van der Waals surface area contributed by atoms with E-state index >= 15 is 0 Å². The van der Waals surface area contributed by atoms with Crippen LogP contribution in [0, 0.1) is 0 Å². The first kappa shape index (κ1) is 20.5. The molecule has 1 N–H and O–H groups in total. The van der Waals surface area contributed by atoms with Gasteiger partial charge in [0, 0.05) is 22.6 Å². The Morgan fingerprint density at radius 2 is 1.68 bits per heavy atom. The van der Waals surface area contributed by atoms with E-state index in [2.05, 4.69) is 17.4 Å². The Morgan fingerprint density at radius 3 is 2.29 bits per heavy atom. The van der Waals surface area contributed by atoms with E-state index in [-0.39, 0.29) is 15.5 Å². The van der Waals surface area contributed by atoms with Gasteiger partial charge in [-0.3, -0.25) is 4.79 Å². The third-order valence-corrected chi connectivity index (χ3v) is 6.48. The molecule has 0 bridgehead atoms. The fourth-order valence-corrected chi connectivity index (χ4v) is 4.33. The van der Waals surface area contributed by atoms with Gasteiger partial charge in [0.05, 0.1) is 15.5 Å². The van der Waals surface area contributed by atoms with Gasteiger partial charge in [-0.1, -0.05) is 41.9 Å². The molecule has 0 spiro atoms. The summed E-state index contributed by atoms with van der Waals surface area (Å²) in [5, 5.41) is 2.87. The zero-order chi connectivity index (χ0) is 20.1. The van der Waals surface area contributed by atoms with Gasteiger partial charge in [0.25, 0.3) is 5.91 Å². The minimum Gasteiger partial charge on any atom is -0.322 e. The van der Waals surface area contributed by atoms with Crippen molar-refractivity contribution in [1.29, 1.82) is 0 Å². The van der Waals surface area contributed by atoms with Gasteiger partial charge >= 0.3 is 0 Å². The molecule has 0 heterocycles. The number of sulfone groups is 1. The second kappa shape index (κ2) is 8.82. The number of anilines is 1. The molecule has 7 heteroatoms. The average molecular weight is 432 g/mol. The second-order valence-electron chi connectivity index (χ2n) is 6.17. The van der Waals surface area contributed by atoms with E-state index < -0.39 is 15.7 Å². The van der Waals surface area contributed by atoms with Crippen molar-refractivity contribution in [1.82, 2.24) is 0 Å². The lowest BCUT2D eigenvalue weighted by Gasteiger charge is -2.09. The van der Waals surface area contributed by atoms with Crippen molar-refractivity contribution in [2.45, 2.75) is 15.5 Å². The molecule has 0 unspecified atom stereocenters. The van der Waals surface area contributed by atoms with Crippen LogP contribution < -0.4 is 5.32 Å². The van der Waals surface area contributed by atoms with Crippen LogP contribution in [0.2, 0.25) is 5.02 Å². The highest BCUT2D eigenvalue weighted by Crippen LogP contribution is 2.24. The molecule has 3 aromatic carbocycles. The van der Waals surface area contributed by atoms with Crippen molar-refractivity contribution in [3.63, 3.8) is 0 Å². The molecule has 0 saturated heterocycles. The average Bonchev–Trinajstić information content (AvgIpc) is 2.67. The molecule has 0 aliphatic heterocycles. The fraction of sp³-hybridized carbons (Fsp3) is 0.0952. The third-order valence-electron chi connectivity index (χ3n) is 3.97. The normalized spacial score (nSPS) is 11.2. The number of hydrogen-bond acceptors (Lipinski definition) is 4. The molecule has 0 saturated carbocycles. The molecule has 0 aromatic heterocycles. The van der Waals surface area contributed by atoms with Crippen LogP contribution in [0.1, 0.15) is 15.9 Å². The standard InChI is InChI=1S/C21H18ClNO3S2/c1-28(25,26)18-11-12-19(20(22)13-18)21(24)23-16-9-7-15(8-10-16)14-27-17-5-3-2-4-6-17/h2-13H,14H2,1H3,(H,23,24). The highest BCUT2D eigenvalue weighted by atomic mass is 35.5. The molecular weight excluding hydrogens is 414 g/mol. The number of halogens is 1. The monoisotopic (exact) mass is 431 g/mol. The minimum atomic E-state index is -3.38. The number of carbonyl (C=O) groups is 1. The summed E-state index contributed by atoms with van der Waals surface area (Å²) in [5.41, 5.74) is 2.00. The molecule has 1 amide bonds. The highest BCUT2D eigenvalue weighted by molar-refractivity contribution is 7.98. The predicted octanol–water partition coefficient (Wildman–Crippen LogP) is 5.29. The lowest BCUT2D eigenvalue weighted by Crippen LogP contribution is -2.13. The number of benzene rings is 3. The quantitative estimate of drug-likeness (QED) is 0.539. The van der Waals surface area contributed by atoms with Crippen LogP contribution >= 0.6 is 23.4 Å². The van der Waals surface area contributed by atoms with Crippen LogP contribution in [-0.4, -0.2) is 20.6 Å². The number of hydrogen-bond donors (Lipinski definition) is 1. The van der Waals surface area contributed by atoms with Crippen molar-refractivity contribution < 1.29 is 13.2 Å². The maximum Gasteiger partial charge on any atom is 0.257 e. The molecule has 3 rings (SSSR count). The van der Waals surface area contributed by atoms with E-state index in [4.69, 9.17) is 11.6 Å². The van der Waals surface area contributed by atoms with E-state index in [1.807, 2.05) is 42.5 Å². The van der Waals surface area contributed by atoms with Crippen molar-refractivity contribution >= 4 is 44.8 Å². The molecule has 144 valence electrons. The van der Waals surface area contributed by atoms with Crippen molar-refractivity contribution in [2.24, 2.45) is 0 Å². The van der Waals surface area contributed by atoms with Crippen LogP contribution in [-0.2, 0) is 15.6 Å². The molecule has 28 heavy (non-hydrogen) atoms. The van der Waals surface area contributed by atoms with E-state index in [9.17, 15) is 13.2 Å². The first-order valence-electron chi connectivity index (χ1n) is 8.41. The Hall–Kier alpha value is -2.28. The molecule has 3 aromatic rings. The zero-order valence-electron chi connectivity index (χ0n) is 15.1. The fourth-order valence-electron chi connectivity index (χ4n) is 2.48. The molecule has 0 aliphatic rings. The number of rotatable bonds is 6. The second-order valence-corrected chi connectivity index (χ2v) is 9.64. The van der Waals surface area contributed by atoms with Gasteiger partial charge in [-0.05, 0) is 48.0 Å². The van der Waals surface area contributed by atoms with Crippen molar-refractivity contribution in [3.8, 4) is 0 Å². The molecule has 0 radical (unpaired) electrons. The summed E-state index contributed by atoms with van der Waals surface area (Å²) in [4.78, 5) is 13.7. The van der Waals surface area contributed by atoms with Gasteiger partial charge < -0.3 is 5.32 Å². The van der Waals surface area contributed by atoms with Gasteiger partial charge in [0.1, 0.15) is 0 Å². The van der Waals surface area contributed by atoms with Gasteiger partial charge in [-0.15, -0.1) is 11.8 Å². The summed E-state index contributed by atoms with van der Waals surface area (Å²) >= 11 is 7.83. The van der Waals surface area contributed by atoms with Crippen LogP contribution in [0.25, 0.3) is 0 Å². The third kappa shape index (κ3) is 5.38. The highest BCUT2D eigenvalue weighted by Gasteiger charge is 2.15. The number of thioether (sulfide) groups is 1. The van der Waals surface area contributed by atoms with Gasteiger partial charge in [-0.2, -0.15) is 0 Å². The zero-order valence-corrected chi connectivity index (χ0v) is 17.4. The molecule has 0 atom stereocenters. The SMILES string of the molecule is CS(=O)(=O)c1ccc(C(=O)Nc2ccc(CSc3ccccc3)cc2)c(Cl)c1. The summed E-state index contributed by atoms with van der Waals surface area (Å²) < 4.78 is 23.1. The largest absolute Gasteiger partial charge is 0.322 e. The van der Waals surface area contributed by atoms with E-state index in [0.29, 0.717) is 5.69 Å². The van der Waals surface area contributed by atoms with E-state index in [0.717, 1.165) is 17.6 Å². The Balaban J connectivity index is 1.64. The van der Waals surface area contributed by atoms with Gasteiger partial charge in [0.2, 0.25) is 0 Å². The Kier molecular flexibility index (Phi) is 6.44. The topological polar surface area (TPSA) is 63.2 Å². The van der Waals surface area contributed by atoms with E-state index in [1.165, 1.54) is 23.1 Å². The molecule has 4 nitrogen and oxygen atoms in total. The Labute approximate surface area is 173 Å². The summed E-state index contributed by atoms with van der Waals surface area (Å²) in [7, 11) is -3.38. The smallest absolute Gasteiger partial charge is 0.257 e. The van der Waals surface area contributed by atoms with Crippen LogP contribution in [0.3, 0.4) is 0 Å². The molecular formula is C21H18ClNO3S2. The number of nitrogens with one attached hydrogen (secondary N) is 1. The summed E-state index contributed by atoms with van der Waals surface area (Å²) in [6.07, 6.45) is 1.09. The number of amides is 1. The van der Waals surface area contributed by atoms with Crippen LogP contribution in [0.15, 0.2) is 82.6 Å². The Bertz CT molecular complexity index is 1080. The summed E-state index contributed by atoms with van der Waals surface area (Å²) in [6, 6.07) is 21.8.